The number of nitro benzene ring substituents is 1. The molecule has 1 saturated heterocycles. The fourth-order valence-corrected chi connectivity index (χ4v) is 3.32. The van der Waals surface area contributed by atoms with Gasteiger partial charge in [-0.2, -0.15) is 0 Å². The third-order valence-corrected chi connectivity index (χ3v) is 4.85. The summed E-state index contributed by atoms with van der Waals surface area (Å²) in [6, 6.07) is 3.93. The Kier molecular flexibility index (Phi) is 4.98. The number of carbonyl (C=O) groups excluding carboxylic acids is 1. The van der Waals surface area contributed by atoms with E-state index < -0.39 is 4.92 Å². The number of rotatable bonds is 4. The molecule has 1 aromatic heterocycles. The summed E-state index contributed by atoms with van der Waals surface area (Å²) in [4.78, 5) is 24.8. The quantitative estimate of drug-likeness (QED) is 0.615. The predicted molar refractivity (Wildman–Crippen MR) is 91.7 cm³/mol. The van der Waals surface area contributed by atoms with Crippen molar-refractivity contribution in [1.82, 2.24) is 19.7 Å². The van der Waals surface area contributed by atoms with Crippen LogP contribution in [-0.4, -0.2) is 43.6 Å². The Hall–Kier alpha value is -2.48. The van der Waals surface area contributed by atoms with Gasteiger partial charge in [-0.05, 0) is 25.8 Å². The van der Waals surface area contributed by atoms with Crippen molar-refractivity contribution in [1.29, 1.82) is 0 Å². The maximum absolute atomic E-state index is 12.7. The maximum Gasteiger partial charge on any atom is 0.270 e. The number of benzene rings is 1. The summed E-state index contributed by atoms with van der Waals surface area (Å²) in [6.07, 6.45) is 3.27. The van der Waals surface area contributed by atoms with Crippen LogP contribution in [0.5, 0.6) is 0 Å². The van der Waals surface area contributed by atoms with Crippen molar-refractivity contribution in [3.05, 3.63) is 51.1 Å². The van der Waals surface area contributed by atoms with Crippen LogP contribution in [0.4, 0.5) is 5.69 Å². The number of hydrogen-bond donors (Lipinski definition) is 0. The molecule has 8 nitrogen and oxygen atoms in total. The Morgan fingerprint density at radius 2 is 2.12 bits per heavy atom. The fraction of sp³-hybridized carbons (Fsp3) is 0.438. The minimum Gasteiger partial charge on any atom is -0.339 e. The molecule has 1 fully saturated rings. The van der Waals surface area contributed by atoms with E-state index in [4.69, 9.17) is 11.6 Å². The highest BCUT2D eigenvalue weighted by Gasteiger charge is 2.28. The van der Waals surface area contributed by atoms with Gasteiger partial charge in [-0.1, -0.05) is 11.6 Å². The second-order valence-corrected chi connectivity index (χ2v) is 6.37. The van der Waals surface area contributed by atoms with E-state index in [0.717, 1.165) is 25.2 Å². The number of halogens is 1. The highest BCUT2D eigenvalue weighted by molar-refractivity contribution is 6.33. The molecule has 0 saturated carbocycles. The van der Waals surface area contributed by atoms with Gasteiger partial charge < -0.3 is 9.47 Å². The van der Waals surface area contributed by atoms with Crippen LogP contribution < -0.4 is 0 Å². The highest BCUT2D eigenvalue weighted by atomic mass is 35.5. The molecule has 2 heterocycles. The van der Waals surface area contributed by atoms with E-state index in [0.29, 0.717) is 13.1 Å². The zero-order valence-corrected chi connectivity index (χ0v) is 14.5. The zero-order valence-electron chi connectivity index (χ0n) is 13.8. The van der Waals surface area contributed by atoms with Crippen LogP contribution in [0.1, 0.15) is 41.9 Å². The molecule has 1 aliphatic heterocycles. The second-order valence-electron chi connectivity index (χ2n) is 5.96. The molecule has 0 atom stereocenters. The normalized spacial score (nSPS) is 15.4. The molecule has 1 aliphatic rings. The number of nitro groups is 1. The SMILES string of the molecule is CCn1cnnc1C1CCN(C(=O)c2cc([N+](=O)[O-])ccc2Cl)CC1. The third kappa shape index (κ3) is 3.48. The first-order valence-electron chi connectivity index (χ1n) is 8.12. The minimum absolute atomic E-state index is 0.140. The van der Waals surface area contributed by atoms with Crippen LogP contribution in [0.3, 0.4) is 0 Å². The van der Waals surface area contributed by atoms with Crippen LogP contribution in [-0.2, 0) is 6.54 Å². The number of aromatic nitrogens is 3. The molecule has 1 aromatic carbocycles. The summed E-state index contributed by atoms with van der Waals surface area (Å²) in [5.74, 6) is 0.930. The van der Waals surface area contributed by atoms with Crippen molar-refractivity contribution >= 4 is 23.2 Å². The largest absolute Gasteiger partial charge is 0.339 e. The number of likely N-dealkylation sites (tertiary alicyclic amines) is 1. The number of piperidine rings is 1. The minimum atomic E-state index is -0.531. The predicted octanol–water partition coefficient (Wildman–Crippen LogP) is 2.88. The highest BCUT2D eigenvalue weighted by Crippen LogP contribution is 2.29. The monoisotopic (exact) mass is 363 g/mol. The lowest BCUT2D eigenvalue weighted by Gasteiger charge is -2.31. The number of amides is 1. The number of non-ortho nitro benzene ring substituents is 1. The summed E-state index contributed by atoms with van der Waals surface area (Å²) < 4.78 is 2.01. The summed E-state index contributed by atoms with van der Waals surface area (Å²) in [5.41, 5.74) is 0.0322. The van der Waals surface area contributed by atoms with Gasteiger partial charge in [0, 0.05) is 37.7 Å². The Morgan fingerprint density at radius 1 is 1.40 bits per heavy atom. The summed E-state index contributed by atoms with van der Waals surface area (Å²) >= 11 is 6.07. The second kappa shape index (κ2) is 7.18. The number of carbonyl (C=O) groups is 1. The molecule has 0 spiro atoms. The van der Waals surface area contributed by atoms with Gasteiger partial charge in [0.25, 0.3) is 11.6 Å². The van der Waals surface area contributed by atoms with E-state index >= 15 is 0 Å². The van der Waals surface area contributed by atoms with E-state index in [-0.39, 0.29) is 28.1 Å². The fourth-order valence-electron chi connectivity index (χ4n) is 3.13. The lowest BCUT2D eigenvalue weighted by molar-refractivity contribution is -0.384. The molecule has 9 heteroatoms. The smallest absolute Gasteiger partial charge is 0.270 e. The van der Waals surface area contributed by atoms with Crippen molar-refractivity contribution in [3.8, 4) is 0 Å². The average Bonchev–Trinajstić information content (AvgIpc) is 3.10. The average molecular weight is 364 g/mol. The van der Waals surface area contributed by atoms with Gasteiger partial charge in [0.15, 0.2) is 0 Å². The lowest BCUT2D eigenvalue weighted by atomic mass is 9.95. The molecule has 2 aromatic rings. The lowest BCUT2D eigenvalue weighted by Crippen LogP contribution is -2.38. The molecule has 0 unspecified atom stereocenters. The van der Waals surface area contributed by atoms with Crippen molar-refractivity contribution in [2.24, 2.45) is 0 Å². The first-order chi connectivity index (χ1) is 12.0. The zero-order chi connectivity index (χ0) is 18.0. The van der Waals surface area contributed by atoms with Crippen LogP contribution in [0, 0.1) is 10.1 Å². The van der Waals surface area contributed by atoms with E-state index in [9.17, 15) is 14.9 Å². The van der Waals surface area contributed by atoms with Crippen LogP contribution in [0.2, 0.25) is 5.02 Å². The number of nitrogens with zero attached hydrogens (tertiary/aromatic N) is 5. The molecular formula is C16H18ClN5O3. The molecule has 1 amide bonds. The van der Waals surface area contributed by atoms with Crippen molar-refractivity contribution in [2.45, 2.75) is 32.2 Å². The van der Waals surface area contributed by atoms with Gasteiger partial charge >= 0.3 is 0 Å². The van der Waals surface area contributed by atoms with E-state index in [1.54, 1.807) is 11.2 Å². The Morgan fingerprint density at radius 3 is 2.76 bits per heavy atom. The summed E-state index contributed by atoms with van der Waals surface area (Å²) in [5, 5.41) is 19.3. The molecule has 25 heavy (non-hydrogen) atoms. The van der Waals surface area contributed by atoms with Gasteiger partial charge in [0.05, 0.1) is 15.5 Å². The maximum atomic E-state index is 12.7. The first-order valence-corrected chi connectivity index (χ1v) is 8.50. The topological polar surface area (TPSA) is 94.2 Å². The molecule has 3 rings (SSSR count). The number of hydrogen-bond acceptors (Lipinski definition) is 5. The van der Waals surface area contributed by atoms with Gasteiger partial charge in [-0.25, -0.2) is 0 Å². The van der Waals surface area contributed by atoms with Gasteiger partial charge in [0.1, 0.15) is 12.2 Å². The van der Waals surface area contributed by atoms with Gasteiger partial charge in [-0.15, -0.1) is 10.2 Å². The molecule has 0 bridgehead atoms. The summed E-state index contributed by atoms with van der Waals surface area (Å²) in [7, 11) is 0. The molecule has 0 aliphatic carbocycles. The van der Waals surface area contributed by atoms with Crippen LogP contribution in [0.25, 0.3) is 0 Å². The molecule has 132 valence electrons. The Bertz CT molecular complexity index is 799. The summed E-state index contributed by atoms with van der Waals surface area (Å²) in [6.45, 7) is 3.96. The van der Waals surface area contributed by atoms with Crippen molar-refractivity contribution in [3.63, 3.8) is 0 Å². The third-order valence-electron chi connectivity index (χ3n) is 4.52. The van der Waals surface area contributed by atoms with E-state index in [2.05, 4.69) is 10.2 Å². The van der Waals surface area contributed by atoms with Crippen molar-refractivity contribution in [2.75, 3.05) is 13.1 Å². The number of aryl methyl sites for hydroxylation is 1. The Balaban J connectivity index is 1.72. The van der Waals surface area contributed by atoms with Crippen LogP contribution in [0.15, 0.2) is 24.5 Å². The van der Waals surface area contributed by atoms with Gasteiger partial charge in [-0.3, -0.25) is 14.9 Å². The Labute approximate surface area is 149 Å². The molecular weight excluding hydrogens is 346 g/mol. The standard InChI is InChI=1S/C16H18ClN5O3/c1-2-20-10-18-19-15(20)11-5-7-21(8-6-11)16(23)13-9-12(22(24)25)3-4-14(13)17/h3-4,9-11H,2,5-8H2,1H3. The molecule has 0 N–H and O–H groups in total. The van der Waals surface area contributed by atoms with Crippen molar-refractivity contribution < 1.29 is 9.72 Å². The van der Waals surface area contributed by atoms with Gasteiger partial charge in [0.2, 0.25) is 0 Å². The molecule has 0 radical (unpaired) electrons. The van der Waals surface area contributed by atoms with E-state index in [1.807, 2.05) is 11.5 Å². The first kappa shape index (κ1) is 17.3. The van der Waals surface area contributed by atoms with E-state index in [1.165, 1.54) is 18.2 Å². The van der Waals surface area contributed by atoms with Crippen LogP contribution >= 0.6 is 11.6 Å².